The molecule has 0 unspecified atom stereocenters. The Bertz CT molecular complexity index is 1460. The SMILES string of the molecule is C[C@H]1C[C@@H]1CNC(=O)c1c(CC(=O)[C@H]2C[C@H]2F)sc2c1C[C@@H](n1cnnc1Nc1cc(C(F)(F)F)nn1C)CC2. The predicted molar refractivity (Wildman–Crippen MR) is 138 cm³/mol. The number of thiophene rings is 1. The van der Waals surface area contributed by atoms with E-state index >= 15 is 0 Å². The smallest absolute Gasteiger partial charge is 0.352 e. The number of Topliss-reactive ketones (excluding diaryl/α,β-unsaturated/α-hetero) is 1. The molecule has 9 nitrogen and oxygen atoms in total. The second kappa shape index (κ2) is 9.96. The fraction of sp³-hybridized carbons (Fsp3) is 0.577. The maximum Gasteiger partial charge on any atom is 0.435 e. The van der Waals surface area contributed by atoms with Crippen LogP contribution in [0.15, 0.2) is 12.4 Å². The van der Waals surface area contributed by atoms with Crippen molar-refractivity contribution in [2.45, 2.75) is 63.8 Å². The molecule has 2 saturated carbocycles. The van der Waals surface area contributed by atoms with Gasteiger partial charge in [-0.05, 0) is 49.5 Å². The van der Waals surface area contributed by atoms with Gasteiger partial charge < -0.3 is 10.6 Å². The van der Waals surface area contributed by atoms with E-state index in [2.05, 4.69) is 32.9 Å². The molecule has 0 aromatic carbocycles. The summed E-state index contributed by atoms with van der Waals surface area (Å²) in [6.45, 7) is 2.71. The van der Waals surface area contributed by atoms with Gasteiger partial charge in [-0.1, -0.05) is 6.92 Å². The lowest BCUT2D eigenvalue weighted by atomic mass is 9.90. The fourth-order valence-corrected chi connectivity index (χ4v) is 6.82. The average Bonchev–Trinajstić information content (AvgIpc) is 3.59. The first kappa shape index (κ1) is 26.9. The second-order valence-corrected chi connectivity index (χ2v) is 12.3. The van der Waals surface area contributed by atoms with Crippen molar-refractivity contribution in [1.29, 1.82) is 0 Å². The van der Waals surface area contributed by atoms with Crippen LogP contribution in [-0.2, 0) is 37.3 Å². The molecule has 3 aliphatic rings. The fourth-order valence-electron chi connectivity index (χ4n) is 5.47. The van der Waals surface area contributed by atoms with E-state index in [1.807, 2.05) is 0 Å². The summed E-state index contributed by atoms with van der Waals surface area (Å²) in [6, 6.07) is 0.734. The van der Waals surface area contributed by atoms with Crippen molar-refractivity contribution in [3.8, 4) is 0 Å². The average molecular weight is 580 g/mol. The Hall–Kier alpha value is -3.29. The number of anilines is 2. The molecule has 0 spiro atoms. The van der Waals surface area contributed by atoms with Gasteiger partial charge in [0.1, 0.15) is 24.1 Å². The summed E-state index contributed by atoms with van der Waals surface area (Å²) < 4.78 is 55.8. The van der Waals surface area contributed by atoms with Crippen LogP contribution in [0.2, 0.25) is 0 Å². The third-order valence-electron chi connectivity index (χ3n) is 8.17. The Morgan fingerprint density at radius 2 is 2.00 bits per heavy atom. The maximum absolute atomic E-state index is 13.6. The van der Waals surface area contributed by atoms with Crippen molar-refractivity contribution in [3.63, 3.8) is 0 Å². The summed E-state index contributed by atoms with van der Waals surface area (Å²) in [4.78, 5) is 27.8. The number of carbonyl (C=O) groups excluding carboxylic acids is 2. The van der Waals surface area contributed by atoms with Gasteiger partial charge in [-0.3, -0.25) is 18.8 Å². The highest BCUT2D eigenvalue weighted by atomic mass is 32.1. The van der Waals surface area contributed by atoms with E-state index in [1.54, 1.807) is 4.57 Å². The van der Waals surface area contributed by atoms with Gasteiger partial charge >= 0.3 is 6.18 Å². The Labute approximate surface area is 231 Å². The quantitative estimate of drug-likeness (QED) is 0.364. The van der Waals surface area contributed by atoms with Crippen LogP contribution in [0.4, 0.5) is 29.3 Å². The normalized spacial score (nSPS) is 25.4. The molecular formula is C26H29F4N7O2S. The Balaban J connectivity index is 1.25. The Morgan fingerprint density at radius 1 is 1.25 bits per heavy atom. The number of halogens is 4. The zero-order chi connectivity index (χ0) is 28.3. The van der Waals surface area contributed by atoms with Crippen LogP contribution in [0, 0.1) is 17.8 Å². The zero-order valence-corrected chi connectivity index (χ0v) is 22.8. The first-order chi connectivity index (χ1) is 19.0. The van der Waals surface area contributed by atoms with E-state index in [-0.39, 0.29) is 42.3 Å². The number of rotatable bonds is 9. The van der Waals surface area contributed by atoms with Crippen molar-refractivity contribution in [2.24, 2.45) is 24.8 Å². The molecule has 0 aliphatic heterocycles. The van der Waals surface area contributed by atoms with Crippen LogP contribution < -0.4 is 10.6 Å². The zero-order valence-electron chi connectivity index (χ0n) is 22.0. The van der Waals surface area contributed by atoms with E-state index in [0.29, 0.717) is 48.1 Å². The molecule has 3 aliphatic carbocycles. The van der Waals surface area contributed by atoms with Crippen LogP contribution in [-0.4, -0.2) is 49.0 Å². The van der Waals surface area contributed by atoms with Gasteiger partial charge in [0.25, 0.3) is 5.91 Å². The second-order valence-electron chi connectivity index (χ2n) is 11.1. The van der Waals surface area contributed by atoms with Gasteiger partial charge in [-0.15, -0.1) is 21.5 Å². The van der Waals surface area contributed by atoms with E-state index in [4.69, 9.17) is 0 Å². The van der Waals surface area contributed by atoms with E-state index in [0.717, 1.165) is 27.6 Å². The summed E-state index contributed by atoms with van der Waals surface area (Å²) >= 11 is 1.45. The first-order valence-corrected chi connectivity index (χ1v) is 14.2. The van der Waals surface area contributed by atoms with Crippen LogP contribution >= 0.6 is 11.3 Å². The van der Waals surface area contributed by atoms with E-state index < -0.39 is 24.0 Å². The summed E-state index contributed by atoms with van der Waals surface area (Å²) in [5.41, 5.74) is 0.344. The molecule has 1 amide bonds. The van der Waals surface area contributed by atoms with Gasteiger partial charge in [0.15, 0.2) is 5.69 Å². The first-order valence-electron chi connectivity index (χ1n) is 13.4. The van der Waals surface area contributed by atoms with E-state index in [1.165, 1.54) is 24.7 Å². The molecule has 5 atom stereocenters. The molecule has 2 fully saturated rings. The van der Waals surface area contributed by atoms with Gasteiger partial charge in [-0.2, -0.15) is 18.3 Å². The highest BCUT2D eigenvalue weighted by Gasteiger charge is 2.44. The monoisotopic (exact) mass is 579 g/mol. The Kier molecular flexibility index (Phi) is 6.70. The summed E-state index contributed by atoms with van der Waals surface area (Å²) in [6.07, 6.45) is -1.01. The lowest BCUT2D eigenvalue weighted by Gasteiger charge is -2.25. The van der Waals surface area contributed by atoms with Crippen molar-refractivity contribution in [1.82, 2.24) is 29.9 Å². The van der Waals surface area contributed by atoms with Crippen molar-refractivity contribution >= 4 is 34.8 Å². The topological polar surface area (TPSA) is 107 Å². The minimum Gasteiger partial charge on any atom is -0.352 e. The molecule has 14 heteroatoms. The van der Waals surface area contributed by atoms with Crippen LogP contribution in [0.25, 0.3) is 0 Å². The molecule has 6 rings (SSSR count). The number of hydrogen-bond acceptors (Lipinski definition) is 7. The summed E-state index contributed by atoms with van der Waals surface area (Å²) in [7, 11) is 1.40. The third kappa shape index (κ3) is 5.25. The Morgan fingerprint density at radius 3 is 2.65 bits per heavy atom. The number of aryl methyl sites for hydroxylation is 2. The highest BCUT2D eigenvalue weighted by molar-refractivity contribution is 7.12. The van der Waals surface area contributed by atoms with Gasteiger partial charge in [-0.25, -0.2) is 4.39 Å². The molecule has 0 radical (unpaired) electrons. The largest absolute Gasteiger partial charge is 0.435 e. The molecule has 214 valence electrons. The summed E-state index contributed by atoms with van der Waals surface area (Å²) in [5.74, 6) is 0.416. The maximum atomic E-state index is 13.6. The standard InChI is InChI=1S/C26H29F4N7O2S/c1-12-5-13(12)10-31-24(39)23-16-6-14(3-4-19(16)40-20(23)8-18(38)15-7-17(15)27)37-11-32-34-25(37)33-22-9-21(26(28,29)30)35-36(22)2/h9,11-15,17H,3-8,10H2,1-2H3,(H,31,39)(H,33,34)/t12-,13+,14-,15-,17+/m0/s1. The summed E-state index contributed by atoms with van der Waals surface area (Å²) in [5, 5.41) is 17.5. The number of carbonyl (C=O) groups is 2. The van der Waals surface area contributed by atoms with Crippen molar-refractivity contribution in [3.05, 3.63) is 39.0 Å². The van der Waals surface area contributed by atoms with Crippen molar-refractivity contribution in [2.75, 3.05) is 11.9 Å². The van der Waals surface area contributed by atoms with Gasteiger partial charge in [0.2, 0.25) is 5.95 Å². The van der Waals surface area contributed by atoms with E-state index in [9.17, 15) is 27.2 Å². The molecule has 40 heavy (non-hydrogen) atoms. The number of nitrogens with one attached hydrogen (secondary N) is 2. The molecule has 0 saturated heterocycles. The van der Waals surface area contributed by atoms with Crippen LogP contribution in [0.3, 0.4) is 0 Å². The molecule has 2 N–H and O–H groups in total. The number of amides is 1. The number of alkyl halides is 4. The lowest BCUT2D eigenvalue weighted by Crippen LogP contribution is -2.29. The number of fused-ring (bicyclic) bond motifs is 1. The van der Waals surface area contributed by atoms with Crippen LogP contribution in [0.5, 0.6) is 0 Å². The molecule has 3 heterocycles. The predicted octanol–water partition coefficient (Wildman–Crippen LogP) is 4.42. The number of aromatic nitrogens is 5. The lowest BCUT2D eigenvalue weighted by molar-refractivity contribution is -0.141. The van der Waals surface area contributed by atoms with Crippen molar-refractivity contribution < 1.29 is 27.2 Å². The highest BCUT2D eigenvalue weighted by Crippen LogP contribution is 2.42. The number of ketones is 1. The molecule has 0 bridgehead atoms. The van der Waals surface area contributed by atoms with Crippen LogP contribution in [0.1, 0.15) is 63.6 Å². The number of hydrogen-bond donors (Lipinski definition) is 2. The van der Waals surface area contributed by atoms with Gasteiger partial charge in [0.05, 0.1) is 11.5 Å². The van der Waals surface area contributed by atoms with Gasteiger partial charge in [0, 0.05) is 41.9 Å². The molecular weight excluding hydrogens is 550 g/mol. The molecule has 3 aromatic rings. The third-order valence-corrected chi connectivity index (χ3v) is 9.47. The minimum atomic E-state index is -4.58. The number of nitrogens with zero attached hydrogens (tertiary/aromatic N) is 5. The molecule has 3 aromatic heterocycles. The minimum absolute atomic E-state index is 0.0392.